The molecule has 0 aliphatic heterocycles. The fourth-order valence-corrected chi connectivity index (χ4v) is 3.79. The van der Waals surface area contributed by atoms with Gasteiger partial charge in [0.2, 0.25) is 0 Å². The Morgan fingerprint density at radius 3 is 1.83 bits per heavy atom. The molecule has 1 aliphatic rings. The highest BCUT2D eigenvalue weighted by Crippen LogP contribution is 2.29. The molecule has 0 unspecified atom stereocenters. The van der Waals surface area contributed by atoms with E-state index in [-0.39, 0.29) is 17.7 Å². The first-order valence-electron chi connectivity index (χ1n) is 9.03. The van der Waals surface area contributed by atoms with Gasteiger partial charge in [0.1, 0.15) is 5.60 Å². The molecule has 1 saturated carbocycles. The van der Waals surface area contributed by atoms with Crippen LogP contribution in [0, 0.1) is 5.41 Å². The van der Waals surface area contributed by atoms with Gasteiger partial charge in [-0.1, -0.05) is 20.8 Å². The van der Waals surface area contributed by atoms with Gasteiger partial charge in [-0.25, -0.2) is 4.79 Å². The van der Waals surface area contributed by atoms with Crippen LogP contribution in [0.25, 0.3) is 0 Å². The van der Waals surface area contributed by atoms with Crippen LogP contribution in [0.2, 0.25) is 0 Å². The molecule has 1 amide bonds. The van der Waals surface area contributed by atoms with Gasteiger partial charge in [-0.3, -0.25) is 0 Å². The number of nitrogens with one attached hydrogen (secondary N) is 2. The van der Waals surface area contributed by atoms with E-state index in [1.165, 1.54) is 0 Å². The van der Waals surface area contributed by atoms with Crippen molar-refractivity contribution in [2.75, 3.05) is 0 Å². The Bertz CT molecular complexity index is 383. The van der Waals surface area contributed by atoms with Crippen molar-refractivity contribution in [1.29, 1.82) is 0 Å². The van der Waals surface area contributed by atoms with Gasteiger partial charge < -0.3 is 15.4 Å². The van der Waals surface area contributed by atoms with Crippen molar-refractivity contribution in [2.45, 2.75) is 111 Å². The number of amides is 1. The number of hydrogen-bond donors (Lipinski definition) is 2. The molecule has 1 aliphatic carbocycles. The first kappa shape index (κ1) is 20.3. The fraction of sp³-hybridized carbons (Fsp3) is 0.947. The Kier molecular flexibility index (Phi) is 6.54. The molecule has 0 spiro atoms. The highest BCUT2D eigenvalue weighted by atomic mass is 16.6. The number of carbonyl (C=O) groups is 1. The maximum absolute atomic E-state index is 11.8. The summed E-state index contributed by atoms with van der Waals surface area (Å²) in [6.45, 7) is 17.1. The molecule has 136 valence electrons. The average molecular weight is 327 g/mol. The van der Waals surface area contributed by atoms with Crippen molar-refractivity contribution in [1.82, 2.24) is 10.6 Å². The number of carbonyl (C=O) groups excluding carboxylic acids is 1. The molecule has 23 heavy (non-hydrogen) atoms. The molecule has 0 radical (unpaired) electrons. The number of hydrogen-bond acceptors (Lipinski definition) is 3. The summed E-state index contributed by atoms with van der Waals surface area (Å²) in [6.07, 6.45) is 5.10. The monoisotopic (exact) mass is 326 g/mol. The number of ether oxygens (including phenoxy) is 1. The third-order valence-corrected chi connectivity index (χ3v) is 4.02. The van der Waals surface area contributed by atoms with Crippen LogP contribution in [-0.2, 0) is 4.74 Å². The summed E-state index contributed by atoms with van der Waals surface area (Å²) in [4.78, 5) is 11.8. The number of rotatable bonds is 4. The summed E-state index contributed by atoms with van der Waals surface area (Å²) in [7, 11) is 0. The first-order chi connectivity index (χ1) is 10.3. The molecule has 1 rings (SSSR count). The van der Waals surface area contributed by atoms with Gasteiger partial charge in [0, 0.05) is 17.6 Å². The summed E-state index contributed by atoms with van der Waals surface area (Å²) >= 11 is 0. The third kappa shape index (κ3) is 9.19. The van der Waals surface area contributed by atoms with Crippen LogP contribution < -0.4 is 10.6 Å². The van der Waals surface area contributed by atoms with Crippen LogP contribution in [0.15, 0.2) is 0 Å². The van der Waals surface area contributed by atoms with E-state index in [0.29, 0.717) is 11.5 Å². The Morgan fingerprint density at radius 2 is 1.39 bits per heavy atom. The predicted molar refractivity (Wildman–Crippen MR) is 96.7 cm³/mol. The van der Waals surface area contributed by atoms with E-state index in [4.69, 9.17) is 4.74 Å². The van der Waals surface area contributed by atoms with Crippen molar-refractivity contribution >= 4 is 6.09 Å². The van der Waals surface area contributed by atoms with Gasteiger partial charge in [0.25, 0.3) is 0 Å². The Balaban J connectivity index is 2.37. The molecular weight excluding hydrogens is 288 g/mol. The normalized spacial score (nSPS) is 23.5. The quantitative estimate of drug-likeness (QED) is 0.792. The molecule has 1 fully saturated rings. The van der Waals surface area contributed by atoms with E-state index in [2.05, 4.69) is 45.3 Å². The molecular formula is C19H38N2O2. The zero-order valence-corrected chi connectivity index (χ0v) is 16.5. The maximum atomic E-state index is 11.8. The van der Waals surface area contributed by atoms with Crippen LogP contribution in [-0.4, -0.2) is 29.3 Å². The fourth-order valence-electron chi connectivity index (χ4n) is 3.79. The van der Waals surface area contributed by atoms with Gasteiger partial charge in [0.05, 0.1) is 0 Å². The number of alkyl carbamates (subject to hydrolysis) is 1. The second kappa shape index (κ2) is 7.42. The van der Waals surface area contributed by atoms with Gasteiger partial charge in [-0.2, -0.15) is 0 Å². The topological polar surface area (TPSA) is 50.4 Å². The maximum Gasteiger partial charge on any atom is 0.407 e. The summed E-state index contributed by atoms with van der Waals surface area (Å²) < 4.78 is 5.34. The lowest BCUT2D eigenvalue weighted by atomic mass is 9.80. The van der Waals surface area contributed by atoms with Crippen molar-refractivity contribution in [3.05, 3.63) is 0 Å². The second-order valence-electron chi connectivity index (χ2n) is 9.96. The molecule has 0 bridgehead atoms. The van der Waals surface area contributed by atoms with E-state index in [1.54, 1.807) is 0 Å². The van der Waals surface area contributed by atoms with Crippen molar-refractivity contribution < 1.29 is 9.53 Å². The van der Waals surface area contributed by atoms with Crippen molar-refractivity contribution in [3.8, 4) is 0 Å². The molecule has 0 aromatic carbocycles. The smallest absolute Gasteiger partial charge is 0.407 e. The zero-order chi connectivity index (χ0) is 17.9. The van der Waals surface area contributed by atoms with Gasteiger partial charge in [-0.05, 0) is 72.1 Å². The van der Waals surface area contributed by atoms with E-state index < -0.39 is 5.60 Å². The summed E-state index contributed by atoms with van der Waals surface area (Å²) in [5.41, 5.74) is 0.0418. The van der Waals surface area contributed by atoms with E-state index in [1.807, 2.05) is 20.8 Å². The molecule has 4 nitrogen and oxygen atoms in total. The minimum atomic E-state index is -0.431. The van der Waals surface area contributed by atoms with Crippen LogP contribution >= 0.6 is 0 Å². The van der Waals surface area contributed by atoms with Crippen LogP contribution in [0.3, 0.4) is 0 Å². The van der Waals surface area contributed by atoms with Crippen molar-refractivity contribution in [3.63, 3.8) is 0 Å². The summed E-state index contributed by atoms with van der Waals surface area (Å²) in [5, 5.41) is 6.83. The second-order valence-corrected chi connectivity index (χ2v) is 9.96. The molecule has 0 aromatic heterocycles. The Labute approximate surface area is 143 Å². The first-order valence-corrected chi connectivity index (χ1v) is 9.03. The highest BCUT2D eigenvalue weighted by molar-refractivity contribution is 5.68. The SMILES string of the molecule is CC(C)(C)CC(C)(C)NC1CCC(NC(=O)OC(C)(C)C)CC1. The molecule has 4 heteroatoms. The van der Waals surface area contributed by atoms with E-state index in [9.17, 15) is 4.79 Å². The van der Waals surface area contributed by atoms with Gasteiger partial charge >= 0.3 is 6.09 Å². The molecule has 0 heterocycles. The minimum absolute atomic E-state index is 0.147. The zero-order valence-electron chi connectivity index (χ0n) is 16.5. The lowest BCUT2D eigenvalue weighted by molar-refractivity contribution is 0.0487. The van der Waals surface area contributed by atoms with E-state index in [0.717, 1.165) is 32.1 Å². The highest BCUT2D eigenvalue weighted by Gasteiger charge is 2.30. The summed E-state index contributed by atoms with van der Waals surface area (Å²) in [5.74, 6) is 0. The average Bonchev–Trinajstić information content (AvgIpc) is 2.25. The summed E-state index contributed by atoms with van der Waals surface area (Å²) in [6, 6.07) is 0.790. The van der Waals surface area contributed by atoms with Gasteiger partial charge in [-0.15, -0.1) is 0 Å². The van der Waals surface area contributed by atoms with Gasteiger partial charge in [0.15, 0.2) is 0 Å². The Morgan fingerprint density at radius 1 is 0.913 bits per heavy atom. The molecule has 0 aromatic rings. The lowest BCUT2D eigenvalue weighted by Crippen LogP contribution is -2.51. The molecule has 0 saturated heterocycles. The molecule has 2 N–H and O–H groups in total. The van der Waals surface area contributed by atoms with Crippen LogP contribution in [0.5, 0.6) is 0 Å². The Hall–Kier alpha value is -0.770. The van der Waals surface area contributed by atoms with E-state index >= 15 is 0 Å². The standard InChI is InChI=1S/C19H38N2O2/c1-17(2,3)13-19(7,8)21-15-11-9-14(10-12-15)20-16(22)23-18(4,5)6/h14-15,21H,9-13H2,1-8H3,(H,20,22). The lowest BCUT2D eigenvalue weighted by Gasteiger charge is -2.39. The van der Waals surface area contributed by atoms with Crippen LogP contribution in [0.1, 0.15) is 87.5 Å². The minimum Gasteiger partial charge on any atom is -0.444 e. The largest absolute Gasteiger partial charge is 0.444 e. The predicted octanol–water partition coefficient (Wildman–Crippen LogP) is 4.63. The van der Waals surface area contributed by atoms with Crippen molar-refractivity contribution in [2.24, 2.45) is 5.41 Å². The third-order valence-electron chi connectivity index (χ3n) is 4.02. The van der Waals surface area contributed by atoms with Crippen LogP contribution in [0.4, 0.5) is 4.79 Å². The molecule has 0 atom stereocenters.